The monoisotopic (exact) mass is 300 g/mol. The molecule has 0 fully saturated rings. The largest absolute Gasteiger partial charge is 0.474 e. The highest BCUT2D eigenvalue weighted by Crippen LogP contribution is 2.33. The van der Waals surface area contributed by atoms with E-state index in [0.29, 0.717) is 22.9 Å². The highest BCUT2D eigenvalue weighted by Gasteiger charge is 2.29. The fourth-order valence-corrected chi connectivity index (χ4v) is 1.90. The van der Waals surface area contributed by atoms with Crippen LogP contribution >= 0.6 is 0 Å². The maximum Gasteiger partial charge on any atom is 0.263 e. The lowest BCUT2D eigenvalue weighted by Gasteiger charge is -2.25. The zero-order valence-corrected chi connectivity index (χ0v) is 12.9. The minimum absolute atomic E-state index is 0.213. The average Bonchev–Trinajstić information content (AvgIpc) is 2.50. The van der Waals surface area contributed by atoms with Crippen molar-refractivity contribution in [2.45, 2.75) is 19.4 Å². The third-order valence-corrected chi connectivity index (χ3v) is 3.10. The topological polar surface area (TPSA) is 73.6 Å². The van der Waals surface area contributed by atoms with Crippen molar-refractivity contribution in [1.29, 1.82) is 0 Å². The number of rotatable bonds is 5. The zero-order valence-electron chi connectivity index (χ0n) is 12.9. The lowest BCUT2D eigenvalue weighted by Crippen LogP contribution is -2.45. The summed E-state index contributed by atoms with van der Waals surface area (Å²) in [6, 6.07) is 14.3. The molecule has 0 heterocycles. The third kappa shape index (κ3) is 3.69. The number of carbonyl (C=O) groups is 1. The molecule has 1 amide bonds. The van der Waals surface area contributed by atoms with E-state index in [9.17, 15) is 4.79 Å². The Morgan fingerprint density at radius 3 is 2.23 bits per heavy atom. The minimum atomic E-state index is -1.00. The number of benzene rings is 2. The van der Waals surface area contributed by atoms with Crippen LogP contribution in [0.15, 0.2) is 48.5 Å². The molecule has 5 heteroatoms. The van der Waals surface area contributed by atoms with Crippen molar-refractivity contribution in [3.8, 4) is 17.2 Å². The van der Waals surface area contributed by atoms with Gasteiger partial charge in [-0.25, -0.2) is 0 Å². The van der Waals surface area contributed by atoms with Gasteiger partial charge in [-0.15, -0.1) is 0 Å². The standard InChI is InChI=1S/C17H20N2O3/c1-17(2,16(20)19-3)22-15-7-5-4-6-14(15)21-13-10-8-12(18)9-11-13/h4-11H,18H2,1-3H3,(H,19,20). The van der Waals surface area contributed by atoms with Gasteiger partial charge in [-0.1, -0.05) is 12.1 Å². The summed E-state index contributed by atoms with van der Waals surface area (Å²) in [5.74, 6) is 1.45. The van der Waals surface area contributed by atoms with Gasteiger partial charge in [0, 0.05) is 12.7 Å². The molecule has 2 aromatic carbocycles. The molecule has 5 nitrogen and oxygen atoms in total. The number of para-hydroxylation sites is 2. The number of nitrogen functional groups attached to an aromatic ring is 1. The van der Waals surface area contributed by atoms with Crippen LogP contribution in [0.25, 0.3) is 0 Å². The fourth-order valence-electron chi connectivity index (χ4n) is 1.90. The van der Waals surface area contributed by atoms with Crippen molar-refractivity contribution in [3.05, 3.63) is 48.5 Å². The van der Waals surface area contributed by atoms with Crippen LogP contribution in [0.2, 0.25) is 0 Å². The molecular weight excluding hydrogens is 280 g/mol. The lowest BCUT2D eigenvalue weighted by molar-refractivity contribution is -0.133. The van der Waals surface area contributed by atoms with Crippen LogP contribution in [-0.4, -0.2) is 18.6 Å². The molecule has 116 valence electrons. The number of likely N-dealkylation sites (N-methyl/N-ethyl adjacent to an activating group) is 1. The summed E-state index contributed by atoms with van der Waals surface area (Å²) in [6.45, 7) is 3.40. The molecule has 0 aliphatic rings. The highest BCUT2D eigenvalue weighted by atomic mass is 16.5. The van der Waals surface area contributed by atoms with Crippen LogP contribution in [0.4, 0.5) is 5.69 Å². The van der Waals surface area contributed by atoms with Gasteiger partial charge < -0.3 is 20.5 Å². The molecule has 2 aromatic rings. The van der Waals surface area contributed by atoms with E-state index in [1.807, 2.05) is 12.1 Å². The summed E-state index contributed by atoms with van der Waals surface area (Å²) in [6.07, 6.45) is 0. The molecule has 22 heavy (non-hydrogen) atoms. The Kier molecular flexibility index (Phi) is 4.56. The first-order valence-corrected chi connectivity index (χ1v) is 6.96. The Hall–Kier alpha value is -2.69. The van der Waals surface area contributed by atoms with Crippen LogP contribution in [0.3, 0.4) is 0 Å². The second kappa shape index (κ2) is 6.39. The average molecular weight is 300 g/mol. The van der Waals surface area contributed by atoms with Gasteiger partial charge in [0.1, 0.15) is 5.75 Å². The van der Waals surface area contributed by atoms with Crippen LogP contribution in [0.5, 0.6) is 17.2 Å². The summed E-state index contributed by atoms with van der Waals surface area (Å²) in [4.78, 5) is 11.9. The van der Waals surface area contributed by atoms with E-state index in [2.05, 4.69) is 5.32 Å². The molecule has 0 bridgehead atoms. The molecular formula is C17H20N2O3. The van der Waals surface area contributed by atoms with Crippen LogP contribution < -0.4 is 20.5 Å². The first-order chi connectivity index (χ1) is 10.4. The molecule has 0 saturated heterocycles. The van der Waals surface area contributed by atoms with Gasteiger partial charge in [-0.2, -0.15) is 0 Å². The summed E-state index contributed by atoms with van der Waals surface area (Å²) >= 11 is 0. The van der Waals surface area contributed by atoms with Crippen molar-refractivity contribution < 1.29 is 14.3 Å². The van der Waals surface area contributed by atoms with E-state index in [-0.39, 0.29) is 5.91 Å². The second-order valence-corrected chi connectivity index (χ2v) is 5.31. The first kappa shape index (κ1) is 15.7. The molecule has 0 saturated carbocycles. The Balaban J connectivity index is 2.23. The fraction of sp³-hybridized carbons (Fsp3) is 0.235. The number of nitrogens with one attached hydrogen (secondary N) is 1. The van der Waals surface area contributed by atoms with Crippen LogP contribution in [-0.2, 0) is 4.79 Å². The normalized spacial score (nSPS) is 10.9. The molecule has 3 N–H and O–H groups in total. The summed E-state index contributed by atoms with van der Waals surface area (Å²) in [5, 5.41) is 2.58. The molecule has 2 rings (SSSR count). The number of anilines is 1. The quantitative estimate of drug-likeness (QED) is 0.833. The summed E-state index contributed by atoms with van der Waals surface area (Å²) in [7, 11) is 1.57. The van der Waals surface area contributed by atoms with Gasteiger partial charge in [0.25, 0.3) is 5.91 Å². The van der Waals surface area contributed by atoms with Gasteiger partial charge in [0.2, 0.25) is 0 Å². The zero-order chi connectivity index (χ0) is 16.2. The van der Waals surface area contributed by atoms with E-state index < -0.39 is 5.60 Å². The predicted octanol–water partition coefficient (Wildman–Crippen LogP) is 2.96. The van der Waals surface area contributed by atoms with Gasteiger partial charge in [0.15, 0.2) is 17.1 Å². The number of ether oxygens (including phenoxy) is 2. The summed E-state index contributed by atoms with van der Waals surface area (Å²) in [5.41, 5.74) is 5.32. The van der Waals surface area contributed by atoms with E-state index in [0.717, 1.165) is 0 Å². The second-order valence-electron chi connectivity index (χ2n) is 5.31. The third-order valence-electron chi connectivity index (χ3n) is 3.10. The lowest BCUT2D eigenvalue weighted by atomic mass is 10.1. The molecule has 0 unspecified atom stereocenters. The van der Waals surface area contributed by atoms with E-state index in [1.54, 1.807) is 57.3 Å². The molecule has 0 atom stereocenters. The predicted molar refractivity (Wildman–Crippen MR) is 86.1 cm³/mol. The van der Waals surface area contributed by atoms with E-state index in [1.165, 1.54) is 0 Å². The maximum absolute atomic E-state index is 11.9. The van der Waals surface area contributed by atoms with Gasteiger partial charge in [-0.05, 0) is 50.2 Å². The Labute approximate surface area is 130 Å². The van der Waals surface area contributed by atoms with Gasteiger partial charge >= 0.3 is 0 Å². The number of nitrogens with two attached hydrogens (primary N) is 1. The first-order valence-electron chi connectivity index (χ1n) is 6.96. The SMILES string of the molecule is CNC(=O)C(C)(C)Oc1ccccc1Oc1ccc(N)cc1. The van der Waals surface area contributed by atoms with Gasteiger partial charge in [0.05, 0.1) is 0 Å². The molecule has 0 aliphatic carbocycles. The van der Waals surface area contributed by atoms with Crippen molar-refractivity contribution >= 4 is 11.6 Å². The van der Waals surface area contributed by atoms with Gasteiger partial charge in [-0.3, -0.25) is 4.79 Å². The number of hydrogen-bond acceptors (Lipinski definition) is 4. The smallest absolute Gasteiger partial charge is 0.263 e. The molecule has 0 aliphatic heterocycles. The van der Waals surface area contributed by atoms with Crippen molar-refractivity contribution in [1.82, 2.24) is 5.32 Å². The number of carbonyl (C=O) groups excluding carboxylic acids is 1. The van der Waals surface area contributed by atoms with Crippen molar-refractivity contribution in [2.75, 3.05) is 12.8 Å². The summed E-state index contributed by atoms with van der Waals surface area (Å²) < 4.78 is 11.6. The van der Waals surface area contributed by atoms with Crippen LogP contribution in [0, 0.1) is 0 Å². The van der Waals surface area contributed by atoms with Crippen LogP contribution in [0.1, 0.15) is 13.8 Å². The van der Waals surface area contributed by atoms with E-state index >= 15 is 0 Å². The maximum atomic E-state index is 11.9. The van der Waals surface area contributed by atoms with E-state index in [4.69, 9.17) is 15.2 Å². The highest BCUT2D eigenvalue weighted by molar-refractivity contribution is 5.84. The molecule has 0 spiro atoms. The number of hydrogen-bond donors (Lipinski definition) is 2. The molecule has 0 aromatic heterocycles. The minimum Gasteiger partial charge on any atom is -0.474 e. The van der Waals surface area contributed by atoms with Crippen molar-refractivity contribution in [3.63, 3.8) is 0 Å². The van der Waals surface area contributed by atoms with Crippen molar-refractivity contribution in [2.24, 2.45) is 0 Å². The number of amides is 1. The Morgan fingerprint density at radius 1 is 1.05 bits per heavy atom. The Bertz CT molecular complexity index is 651. The Morgan fingerprint density at radius 2 is 1.64 bits per heavy atom. The molecule has 0 radical (unpaired) electrons.